The maximum Gasteiger partial charge on any atom is 0.490 e. The summed E-state index contributed by atoms with van der Waals surface area (Å²) in [6, 6.07) is 21.3. The monoisotopic (exact) mass is 512 g/mol. The second kappa shape index (κ2) is 11.5. The predicted octanol–water partition coefficient (Wildman–Crippen LogP) is 6.07. The summed E-state index contributed by atoms with van der Waals surface area (Å²) in [5.41, 5.74) is 1.36. The van der Waals surface area contributed by atoms with Crippen LogP contribution >= 0.6 is 0 Å². The Kier molecular flexibility index (Phi) is 8.13. The summed E-state index contributed by atoms with van der Waals surface area (Å²) in [6.07, 6.45) is 1.03. The lowest BCUT2D eigenvalue weighted by molar-refractivity contribution is -0.192. The van der Waals surface area contributed by atoms with Crippen LogP contribution in [0.1, 0.15) is 18.4 Å². The number of aromatic nitrogens is 1. The van der Waals surface area contributed by atoms with Crippen molar-refractivity contribution in [2.75, 3.05) is 20.2 Å². The highest BCUT2D eigenvalue weighted by Crippen LogP contribution is 2.26. The molecule has 0 aliphatic carbocycles. The van der Waals surface area contributed by atoms with Crippen LogP contribution in [0.4, 0.5) is 13.2 Å². The smallest absolute Gasteiger partial charge is 0.490 e. The molecule has 0 spiro atoms. The Morgan fingerprint density at radius 3 is 2.24 bits per heavy atom. The number of likely N-dealkylation sites (tertiary alicyclic amines) is 1. The largest absolute Gasteiger partial charge is 0.497 e. The third kappa shape index (κ3) is 7.10. The summed E-state index contributed by atoms with van der Waals surface area (Å²) >= 11 is 0. The standard InChI is InChI=1S/C26H26N2O2.C2HF3O2/c1-29-25-6-4-20-14-19(2-3-21(20)15-25)18-28-12-9-24(10-13-28)30-26-7-5-23-17-27-11-8-22(23)16-26;3-2(4,5)1(6)7/h2-8,11,14-17,24H,9-10,12-13,18H2,1H3;(H,6,7). The molecule has 1 saturated heterocycles. The Bertz CT molecular complexity index is 1370. The van der Waals surface area contributed by atoms with Crippen molar-refractivity contribution in [3.05, 3.63) is 78.6 Å². The van der Waals surface area contributed by atoms with Gasteiger partial charge in [-0.3, -0.25) is 9.88 Å². The molecule has 1 N–H and O–H groups in total. The molecule has 4 aromatic rings. The number of methoxy groups -OCH3 is 1. The summed E-state index contributed by atoms with van der Waals surface area (Å²) in [7, 11) is 1.71. The van der Waals surface area contributed by atoms with Crippen LogP contribution in [-0.2, 0) is 11.3 Å². The Morgan fingerprint density at radius 2 is 1.54 bits per heavy atom. The highest BCUT2D eigenvalue weighted by molar-refractivity contribution is 5.84. The Hall–Kier alpha value is -3.85. The van der Waals surface area contributed by atoms with E-state index in [1.54, 1.807) is 7.11 Å². The molecular formula is C28H27F3N2O4. The first kappa shape index (κ1) is 26.2. The average Bonchev–Trinajstić information content (AvgIpc) is 2.89. The number of nitrogens with zero attached hydrogens (tertiary/aromatic N) is 2. The van der Waals surface area contributed by atoms with Crippen molar-refractivity contribution in [1.29, 1.82) is 0 Å². The number of hydrogen-bond donors (Lipinski definition) is 1. The molecular weight excluding hydrogens is 485 g/mol. The van der Waals surface area contributed by atoms with Crippen molar-refractivity contribution in [2.45, 2.75) is 31.7 Å². The number of aliphatic carboxylic acids is 1. The molecule has 0 bridgehead atoms. The molecule has 0 amide bonds. The summed E-state index contributed by atoms with van der Waals surface area (Å²) in [5, 5.41) is 11.9. The van der Waals surface area contributed by atoms with Crippen molar-refractivity contribution in [1.82, 2.24) is 9.88 Å². The van der Waals surface area contributed by atoms with Gasteiger partial charge < -0.3 is 14.6 Å². The average molecular weight is 513 g/mol. The van der Waals surface area contributed by atoms with E-state index in [0.29, 0.717) is 0 Å². The fourth-order valence-corrected chi connectivity index (χ4v) is 4.27. The van der Waals surface area contributed by atoms with E-state index in [2.05, 4.69) is 58.4 Å². The minimum absolute atomic E-state index is 0.282. The normalized spacial score (nSPS) is 14.7. The van der Waals surface area contributed by atoms with Gasteiger partial charge in [0.25, 0.3) is 0 Å². The van der Waals surface area contributed by atoms with E-state index in [4.69, 9.17) is 19.4 Å². The number of hydrogen-bond acceptors (Lipinski definition) is 5. The third-order valence-corrected chi connectivity index (χ3v) is 6.21. The van der Waals surface area contributed by atoms with Gasteiger partial charge in [-0.25, -0.2) is 4.79 Å². The second-order valence-electron chi connectivity index (χ2n) is 8.83. The van der Waals surface area contributed by atoms with Crippen LogP contribution < -0.4 is 9.47 Å². The van der Waals surface area contributed by atoms with Crippen LogP contribution in [0.2, 0.25) is 0 Å². The number of fused-ring (bicyclic) bond motifs is 2. The van der Waals surface area contributed by atoms with Gasteiger partial charge >= 0.3 is 12.1 Å². The molecule has 0 saturated carbocycles. The fourth-order valence-electron chi connectivity index (χ4n) is 4.27. The molecule has 0 atom stereocenters. The van der Waals surface area contributed by atoms with Crippen molar-refractivity contribution in [2.24, 2.45) is 0 Å². The molecule has 1 aliphatic heterocycles. The van der Waals surface area contributed by atoms with Crippen LogP contribution in [0.15, 0.2) is 73.1 Å². The molecule has 1 aliphatic rings. The molecule has 194 valence electrons. The number of ether oxygens (including phenoxy) is 2. The zero-order valence-corrected chi connectivity index (χ0v) is 20.2. The number of carboxylic acid groups (broad SMARTS) is 1. The van der Waals surface area contributed by atoms with E-state index >= 15 is 0 Å². The molecule has 1 fully saturated rings. The number of piperidine rings is 1. The van der Waals surface area contributed by atoms with Crippen molar-refractivity contribution >= 4 is 27.5 Å². The molecule has 37 heavy (non-hydrogen) atoms. The molecule has 0 unspecified atom stereocenters. The summed E-state index contributed by atoms with van der Waals surface area (Å²) in [5.74, 6) is -0.898. The van der Waals surface area contributed by atoms with Crippen LogP contribution in [-0.4, -0.2) is 53.4 Å². The number of benzene rings is 3. The van der Waals surface area contributed by atoms with E-state index in [-0.39, 0.29) is 6.10 Å². The summed E-state index contributed by atoms with van der Waals surface area (Å²) < 4.78 is 43.3. The molecule has 5 rings (SSSR count). The van der Waals surface area contributed by atoms with E-state index in [9.17, 15) is 13.2 Å². The van der Waals surface area contributed by atoms with Crippen LogP contribution in [0, 0.1) is 0 Å². The van der Waals surface area contributed by atoms with Gasteiger partial charge in [0, 0.05) is 37.4 Å². The number of carbonyl (C=O) groups is 1. The number of halogens is 3. The number of pyridine rings is 1. The van der Waals surface area contributed by atoms with Crippen molar-refractivity contribution in [3.8, 4) is 11.5 Å². The Morgan fingerprint density at radius 1 is 0.946 bits per heavy atom. The Labute approximate surface area is 212 Å². The first-order valence-electron chi connectivity index (χ1n) is 11.8. The van der Waals surface area contributed by atoms with Gasteiger partial charge in [0.15, 0.2) is 0 Å². The van der Waals surface area contributed by atoms with E-state index < -0.39 is 12.1 Å². The van der Waals surface area contributed by atoms with Gasteiger partial charge in [-0.05, 0) is 77.0 Å². The topological polar surface area (TPSA) is 71.9 Å². The van der Waals surface area contributed by atoms with Gasteiger partial charge in [-0.1, -0.05) is 18.2 Å². The maximum absolute atomic E-state index is 10.6. The van der Waals surface area contributed by atoms with Gasteiger partial charge in [0.2, 0.25) is 0 Å². The van der Waals surface area contributed by atoms with Gasteiger partial charge in [0.1, 0.15) is 17.6 Å². The van der Waals surface area contributed by atoms with Crippen molar-refractivity contribution < 1.29 is 32.5 Å². The van der Waals surface area contributed by atoms with Gasteiger partial charge in [-0.15, -0.1) is 0 Å². The maximum atomic E-state index is 10.6. The molecule has 6 nitrogen and oxygen atoms in total. The van der Waals surface area contributed by atoms with E-state index in [1.807, 2.05) is 24.5 Å². The molecule has 0 radical (unpaired) electrons. The number of alkyl halides is 3. The quantitative estimate of drug-likeness (QED) is 0.350. The predicted molar refractivity (Wildman–Crippen MR) is 135 cm³/mol. The zero-order chi connectivity index (χ0) is 26.4. The summed E-state index contributed by atoms with van der Waals surface area (Å²) in [4.78, 5) is 15.6. The first-order chi connectivity index (χ1) is 17.7. The van der Waals surface area contributed by atoms with Gasteiger partial charge in [-0.2, -0.15) is 13.2 Å². The third-order valence-electron chi connectivity index (χ3n) is 6.21. The minimum atomic E-state index is -5.08. The van der Waals surface area contributed by atoms with Gasteiger partial charge in [0.05, 0.1) is 7.11 Å². The van der Waals surface area contributed by atoms with Crippen LogP contribution in [0.25, 0.3) is 21.5 Å². The number of rotatable bonds is 5. The lowest BCUT2D eigenvalue weighted by Crippen LogP contribution is -2.37. The van der Waals surface area contributed by atoms with E-state index in [1.165, 1.54) is 21.7 Å². The second-order valence-corrected chi connectivity index (χ2v) is 8.83. The SMILES string of the molecule is COc1ccc2cc(CN3CCC(Oc4ccc5cnccc5c4)CC3)ccc2c1.O=C(O)C(F)(F)F. The highest BCUT2D eigenvalue weighted by Gasteiger charge is 2.38. The fraction of sp³-hybridized carbons (Fsp3) is 0.286. The zero-order valence-electron chi connectivity index (χ0n) is 20.2. The minimum Gasteiger partial charge on any atom is -0.497 e. The first-order valence-corrected chi connectivity index (χ1v) is 11.8. The summed E-state index contributed by atoms with van der Waals surface area (Å²) in [6.45, 7) is 3.10. The molecule has 1 aromatic heterocycles. The molecule has 9 heteroatoms. The van der Waals surface area contributed by atoms with Crippen LogP contribution in [0.5, 0.6) is 11.5 Å². The lowest BCUT2D eigenvalue weighted by atomic mass is 10.0. The molecule has 2 heterocycles. The highest BCUT2D eigenvalue weighted by atomic mass is 19.4. The number of carboxylic acids is 1. The van der Waals surface area contributed by atoms with Crippen LogP contribution in [0.3, 0.4) is 0 Å². The van der Waals surface area contributed by atoms with Crippen molar-refractivity contribution in [3.63, 3.8) is 0 Å². The lowest BCUT2D eigenvalue weighted by Gasteiger charge is -2.32. The Balaban J connectivity index is 0.000000405. The van der Waals surface area contributed by atoms with E-state index in [0.717, 1.165) is 49.4 Å². The molecule has 3 aromatic carbocycles.